The van der Waals surface area contributed by atoms with Crippen molar-refractivity contribution in [3.63, 3.8) is 0 Å². The molecule has 0 heterocycles. The van der Waals surface area contributed by atoms with Gasteiger partial charge in [0.25, 0.3) is 0 Å². The Morgan fingerprint density at radius 2 is 1.78 bits per heavy atom. The molecule has 1 nitrogen and oxygen atoms in total. The highest BCUT2D eigenvalue weighted by Crippen LogP contribution is 2.00. The molecule has 9 heavy (non-hydrogen) atoms. The molecule has 1 heteroatoms. The molecular weight excluding hydrogens is 112 g/mol. The maximum absolute atomic E-state index is 9.81. The summed E-state index contributed by atoms with van der Waals surface area (Å²) in [4.78, 5) is 9.81. The molecule has 0 saturated heterocycles. The third-order valence-corrected chi connectivity index (χ3v) is 1.19. The minimum absolute atomic E-state index is 0.699. The van der Waals surface area contributed by atoms with Gasteiger partial charge in [-0.05, 0) is 19.3 Å². The standard InChI is InChI=1S/C8H13O/c1-2-3-4-5-6-7-8-9/h1-2,8H,3-7H2. The van der Waals surface area contributed by atoms with Crippen LogP contribution < -0.4 is 0 Å². The molecule has 0 rings (SSSR count). The summed E-state index contributed by atoms with van der Waals surface area (Å²) in [6.07, 6.45) is 7.55. The quantitative estimate of drug-likeness (QED) is 0.392. The van der Waals surface area contributed by atoms with Crippen LogP contribution in [0.5, 0.6) is 0 Å². The second-order valence-corrected chi connectivity index (χ2v) is 2.04. The third kappa shape index (κ3) is 7.41. The van der Waals surface area contributed by atoms with Gasteiger partial charge < -0.3 is 4.79 Å². The van der Waals surface area contributed by atoms with Crippen molar-refractivity contribution in [1.29, 1.82) is 0 Å². The van der Waals surface area contributed by atoms with E-state index >= 15 is 0 Å². The van der Waals surface area contributed by atoms with E-state index in [0.717, 1.165) is 32.0 Å². The van der Waals surface area contributed by atoms with Gasteiger partial charge in [0, 0.05) is 6.42 Å². The molecular formula is C8H13O. The Balaban J connectivity index is 2.74. The largest absolute Gasteiger partial charge is 0.303 e. The Kier molecular flexibility index (Phi) is 6.92. The average Bonchev–Trinajstić information content (AvgIpc) is 1.89. The molecule has 0 saturated carbocycles. The van der Waals surface area contributed by atoms with E-state index < -0.39 is 0 Å². The Hall–Kier alpha value is -0.590. The molecule has 0 amide bonds. The van der Waals surface area contributed by atoms with Crippen molar-refractivity contribution in [2.75, 3.05) is 0 Å². The molecule has 0 aromatic carbocycles. The number of carbonyl (C=O) groups is 1. The second kappa shape index (κ2) is 7.41. The topological polar surface area (TPSA) is 17.1 Å². The van der Waals surface area contributed by atoms with Gasteiger partial charge in [0.2, 0.25) is 0 Å². The van der Waals surface area contributed by atoms with E-state index in [1.54, 1.807) is 6.08 Å². The molecule has 0 bridgehead atoms. The Morgan fingerprint density at radius 1 is 1.11 bits per heavy atom. The minimum Gasteiger partial charge on any atom is -0.303 e. The van der Waals surface area contributed by atoms with E-state index in [1.165, 1.54) is 0 Å². The van der Waals surface area contributed by atoms with Crippen LogP contribution >= 0.6 is 0 Å². The predicted molar refractivity (Wildman–Crippen MR) is 38.0 cm³/mol. The molecule has 0 unspecified atom stereocenters. The van der Waals surface area contributed by atoms with Gasteiger partial charge in [0.15, 0.2) is 0 Å². The summed E-state index contributed by atoms with van der Waals surface area (Å²) in [5.74, 6) is 0. The van der Waals surface area contributed by atoms with Gasteiger partial charge in [-0.1, -0.05) is 19.1 Å². The van der Waals surface area contributed by atoms with Crippen molar-refractivity contribution in [2.45, 2.75) is 32.1 Å². The molecule has 1 radical (unpaired) electrons. The maximum Gasteiger partial charge on any atom is 0.119 e. The second-order valence-electron chi connectivity index (χ2n) is 2.04. The lowest BCUT2D eigenvalue weighted by Crippen LogP contribution is -1.76. The molecule has 0 aliphatic heterocycles. The molecule has 0 N–H and O–H groups in total. The van der Waals surface area contributed by atoms with E-state index in [-0.39, 0.29) is 0 Å². The molecule has 0 aliphatic carbocycles. The van der Waals surface area contributed by atoms with Crippen molar-refractivity contribution >= 4 is 6.29 Å². The van der Waals surface area contributed by atoms with Crippen LogP contribution in [0.1, 0.15) is 32.1 Å². The number of allylic oxidation sites excluding steroid dienone is 1. The van der Waals surface area contributed by atoms with Gasteiger partial charge in [0.05, 0.1) is 0 Å². The first-order valence-corrected chi connectivity index (χ1v) is 3.39. The lowest BCUT2D eigenvalue weighted by atomic mass is 10.1. The lowest BCUT2D eigenvalue weighted by molar-refractivity contribution is -0.107. The van der Waals surface area contributed by atoms with Crippen LogP contribution in [-0.2, 0) is 4.79 Å². The van der Waals surface area contributed by atoms with Gasteiger partial charge in [-0.25, -0.2) is 0 Å². The SMILES string of the molecule is [CH]=CCCCCCC=O. The monoisotopic (exact) mass is 125 g/mol. The molecule has 0 atom stereocenters. The maximum atomic E-state index is 9.81. The van der Waals surface area contributed by atoms with Gasteiger partial charge in [-0.15, -0.1) is 0 Å². The summed E-state index contributed by atoms with van der Waals surface area (Å²) < 4.78 is 0. The fraction of sp³-hybridized carbons (Fsp3) is 0.625. The average molecular weight is 125 g/mol. The van der Waals surface area contributed by atoms with Gasteiger partial charge in [-0.3, -0.25) is 0 Å². The number of hydrogen-bond acceptors (Lipinski definition) is 1. The molecule has 0 aliphatic rings. The molecule has 0 aromatic rings. The highest BCUT2D eigenvalue weighted by molar-refractivity contribution is 5.48. The zero-order valence-corrected chi connectivity index (χ0v) is 5.68. The summed E-state index contributed by atoms with van der Waals surface area (Å²) in [5, 5.41) is 0. The highest BCUT2D eigenvalue weighted by Gasteiger charge is 1.84. The normalized spacial score (nSPS) is 8.89. The summed E-state index contributed by atoms with van der Waals surface area (Å²) in [6.45, 7) is 5.15. The first-order chi connectivity index (χ1) is 4.41. The van der Waals surface area contributed by atoms with E-state index in [0.29, 0.717) is 6.42 Å². The molecule has 0 aromatic heterocycles. The molecule has 0 fully saturated rings. The zero-order valence-electron chi connectivity index (χ0n) is 5.68. The van der Waals surface area contributed by atoms with E-state index in [2.05, 4.69) is 0 Å². The van der Waals surface area contributed by atoms with Crippen molar-refractivity contribution in [3.05, 3.63) is 12.7 Å². The van der Waals surface area contributed by atoms with E-state index in [9.17, 15) is 4.79 Å². The smallest absolute Gasteiger partial charge is 0.119 e. The van der Waals surface area contributed by atoms with Crippen LogP contribution in [0.2, 0.25) is 0 Å². The lowest BCUT2D eigenvalue weighted by Gasteiger charge is -1.91. The van der Waals surface area contributed by atoms with Crippen molar-refractivity contribution < 1.29 is 4.79 Å². The summed E-state index contributed by atoms with van der Waals surface area (Å²) in [6, 6.07) is 0. The van der Waals surface area contributed by atoms with Crippen LogP contribution in [0.15, 0.2) is 6.08 Å². The van der Waals surface area contributed by atoms with Crippen LogP contribution in [-0.4, -0.2) is 6.29 Å². The number of hydrogen-bond donors (Lipinski definition) is 0. The number of aldehydes is 1. The van der Waals surface area contributed by atoms with Gasteiger partial charge >= 0.3 is 0 Å². The third-order valence-electron chi connectivity index (χ3n) is 1.19. The predicted octanol–water partition coefficient (Wildman–Crippen LogP) is 2.12. The summed E-state index contributed by atoms with van der Waals surface area (Å²) in [5.41, 5.74) is 0. The van der Waals surface area contributed by atoms with E-state index in [1.807, 2.05) is 0 Å². The van der Waals surface area contributed by atoms with Crippen molar-refractivity contribution in [2.24, 2.45) is 0 Å². The highest BCUT2D eigenvalue weighted by atomic mass is 16.1. The first-order valence-electron chi connectivity index (χ1n) is 3.39. The fourth-order valence-corrected chi connectivity index (χ4v) is 0.667. The Morgan fingerprint density at radius 3 is 2.33 bits per heavy atom. The van der Waals surface area contributed by atoms with Crippen LogP contribution in [0.25, 0.3) is 0 Å². The van der Waals surface area contributed by atoms with Gasteiger partial charge in [0.1, 0.15) is 6.29 Å². The van der Waals surface area contributed by atoms with Crippen LogP contribution in [0.4, 0.5) is 0 Å². The number of carbonyl (C=O) groups excluding carboxylic acids is 1. The first kappa shape index (κ1) is 8.41. The van der Waals surface area contributed by atoms with Crippen molar-refractivity contribution in [3.8, 4) is 0 Å². The van der Waals surface area contributed by atoms with Crippen molar-refractivity contribution in [1.82, 2.24) is 0 Å². The Bertz CT molecular complexity index is 66.6. The molecule has 0 spiro atoms. The number of rotatable bonds is 6. The Labute approximate surface area is 56.8 Å². The van der Waals surface area contributed by atoms with Crippen LogP contribution in [0.3, 0.4) is 0 Å². The number of unbranched alkanes of at least 4 members (excludes halogenated alkanes) is 4. The fourth-order valence-electron chi connectivity index (χ4n) is 0.667. The summed E-state index contributed by atoms with van der Waals surface area (Å²) >= 11 is 0. The summed E-state index contributed by atoms with van der Waals surface area (Å²) in [7, 11) is 0. The van der Waals surface area contributed by atoms with Crippen LogP contribution in [0, 0.1) is 6.58 Å². The van der Waals surface area contributed by atoms with E-state index in [4.69, 9.17) is 6.58 Å². The molecule has 51 valence electrons. The zero-order chi connectivity index (χ0) is 6.95. The van der Waals surface area contributed by atoms with Gasteiger partial charge in [-0.2, -0.15) is 0 Å². The minimum atomic E-state index is 0.699.